The van der Waals surface area contributed by atoms with Gasteiger partial charge in [-0.1, -0.05) is 11.2 Å². The number of piperidine rings is 1. The minimum atomic E-state index is -0.00193. The number of carbonyl (C=O) groups is 1. The van der Waals surface area contributed by atoms with Gasteiger partial charge in [-0.15, -0.1) is 0 Å². The van der Waals surface area contributed by atoms with Crippen LogP contribution in [-0.2, 0) is 17.8 Å². The molecule has 4 rings (SSSR count). The van der Waals surface area contributed by atoms with Crippen molar-refractivity contribution in [3.8, 4) is 0 Å². The maximum Gasteiger partial charge on any atom is 0.232 e. The van der Waals surface area contributed by atoms with Gasteiger partial charge in [0.05, 0.1) is 5.92 Å². The molecule has 7 heteroatoms. The zero-order valence-corrected chi connectivity index (χ0v) is 15.2. The molecular formula is C19H25N5O2. The Balaban J connectivity index is 1.35. The third-order valence-electron chi connectivity index (χ3n) is 5.45. The SMILES string of the molecule is CN1CCC(Cc2noc([C@H]3CC(=O)N(Cc4cccnc4)C3)n2)CC1. The van der Waals surface area contributed by atoms with E-state index in [0.29, 0.717) is 31.3 Å². The van der Waals surface area contributed by atoms with Gasteiger partial charge in [-0.2, -0.15) is 4.98 Å². The molecule has 1 atom stereocenters. The first-order valence-corrected chi connectivity index (χ1v) is 9.35. The summed E-state index contributed by atoms with van der Waals surface area (Å²) in [5.41, 5.74) is 1.04. The van der Waals surface area contributed by atoms with Crippen LogP contribution in [-0.4, -0.2) is 57.5 Å². The summed E-state index contributed by atoms with van der Waals surface area (Å²) < 4.78 is 5.50. The van der Waals surface area contributed by atoms with E-state index < -0.39 is 0 Å². The van der Waals surface area contributed by atoms with Crippen LogP contribution < -0.4 is 0 Å². The van der Waals surface area contributed by atoms with E-state index in [-0.39, 0.29) is 11.8 Å². The quantitative estimate of drug-likeness (QED) is 0.815. The number of pyridine rings is 1. The zero-order valence-electron chi connectivity index (χ0n) is 15.2. The minimum Gasteiger partial charge on any atom is -0.339 e. The average Bonchev–Trinajstić information content (AvgIpc) is 3.25. The summed E-state index contributed by atoms with van der Waals surface area (Å²) in [5, 5.41) is 4.17. The molecule has 2 aromatic rings. The van der Waals surface area contributed by atoms with Crippen LogP contribution in [0.5, 0.6) is 0 Å². The van der Waals surface area contributed by atoms with E-state index in [1.165, 1.54) is 12.8 Å². The molecule has 2 aliphatic heterocycles. The molecule has 0 spiro atoms. The first kappa shape index (κ1) is 17.1. The standard InChI is InChI=1S/C19H25N5O2/c1-23-7-4-14(5-8-23)9-17-21-19(26-22-17)16-10-18(25)24(13-16)12-15-3-2-6-20-11-15/h2-3,6,11,14,16H,4-5,7-10,12-13H2,1H3/t16-/m0/s1. The topological polar surface area (TPSA) is 75.4 Å². The maximum absolute atomic E-state index is 12.3. The summed E-state index contributed by atoms with van der Waals surface area (Å²) in [6, 6.07) is 3.88. The van der Waals surface area contributed by atoms with E-state index in [4.69, 9.17) is 4.52 Å². The molecule has 138 valence electrons. The number of likely N-dealkylation sites (tertiary alicyclic amines) is 2. The molecule has 0 saturated carbocycles. The molecule has 4 heterocycles. The van der Waals surface area contributed by atoms with Crippen LogP contribution in [0.2, 0.25) is 0 Å². The number of nitrogens with zero attached hydrogens (tertiary/aromatic N) is 5. The second-order valence-electron chi connectivity index (χ2n) is 7.54. The van der Waals surface area contributed by atoms with E-state index in [0.717, 1.165) is 30.9 Å². The highest BCUT2D eigenvalue weighted by Gasteiger charge is 2.34. The highest BCUT2D eigenvalue weighted by molar-refractivity contribution is 5.79. The lowest BCUT2D eigenvalue weighted by molar-refractivity contribution is -0.128. The van der Waals surface area contributed by atoms with Gasteiger partial charge in [0.1, 0.15) is 0 Å². The first-order chi connectivity index (χ1) is 12.7. The zero-order chi connectivity index (χ0) is 17.9. The van der Waals surface area contributed by atoms with Crippen LogP contribution in [0.1, 0.15) is 42.5 Å². The molecule has 2 aromatic heterocycles. The number of rotatable bonds is 5. The highest BCUT2D eigenvalue weighted by Crippen LogP contribution is 2.29. The van der Waals surface area contributed by atoms with Crippen LogP contribution in [0.4, 0.5) is 0 Å². The molecule has 26 heavy (non-hydrogen) atoms. The van der Waals surface area contributed by atoms with Gasteiger partial charge < -0.3 is 14.3 Å². The Bertz CT molecular complexity index is 739. The predicted octanol–water partition coefficient (Wildman–Crippen LogP) is 1.86. The highest BCUT2D eigenvalue weighted by atomic mass is 16.5. The van der Waals surface area contributed by atoms with Crippen LogP contribution in [0.3, 0.4) is 0 Å². The van der Waals surface area contributed by atoms with E-state index in [1.54, 1.807) is 12.4 Å². The van der Waals surface area contributed by atoms with Gasteiger partial charge in [0.25, 0.3) is 0 Å². The van der Waals surface area contributed by atoms with Gasteiger partial charge in [0.15, 0.2) is 5.82 Å². The normalized spacial score (nSPS) is 22.3. The van der Waals surface area contributed by atoms with Crippen LogP contribution >= 0.6 is 0 Å². The lowest BCUT2D eigenvalue weighted by Crippen LogP contribution is -2.31. The van der Waals surface area contributed by atoms with Gasteiger partial charge in [0, 0.05) is 38.3 Å². The molecule has 2 saturated heterocycles. The van der Waals surface area contributed by atoms with Crippen LogP contribution in [0.25, 0.3) is 0 Å². The number of hydrogen-bond acceptors (Lipinski definition) is 6. The Morgan fingerprint density at radius 3 is 2.92 bits per heavy atom. The molecule has 0 unspecified atom stereocenters. The van der Waals surface area contributed by atoms with E-state index in [1.807, 2.05) is 17.0 Å². The van der Waals surface area contributed by atoms with Gasteiger partial charge in [0.2, 0.25) is 11.8 Å². The Kier molecular flexibility index (Phi) is 4.97. The Morgan fingerprint density at radius 2 is 2.15 bits per heavy atom. The summed E-state index contributed by atoms with van der Waals surface area (Å²) in [4.78, 5) is 25.2. The Labute approximate surface area is 153 Å². The Morgan fingerprint density at radius 1 is 1.31 bits per heavy atom. The third kappa shape index (κ3) is 3.93. The van der Waals surface area contributed by atoms with Crippen LogP contribution in [0, 0.1) is 5.92 Å². The molecule has 0 N–H and O–H groups in total. The molecular weight excluding hydrogens is 330 g/mol. The second kappa shape index (κ2) is 7.53. The van der Waals surface area contributed by atoms with Gasteiger partial charge >= 0.3 is 0 Å². The van der Waals surface area contributed by atoms with Gasteiger partial charge in [-0.25, -0.2) is 0 Å². The lowest BCUT2D eigenvalue weighted by atomic mass is 9.93. The fourth-order valence-electron chi connectivity index (χ4n) is 3.84. The predicted molar refractivity (Wildman–Crippen MR) is 95.2 cm³/mol. The Hall–Kier alpha value is -2.28. The van der Waals surface area contributed by atoms with Crippen molar-refractivity contribution < 1.29 is 9.32 Å². The molecule has 2 aliphatic rings. The first-order valence-electron chi connectivity index (χ1n) is 9.35. The molecule has 0 bridgehead atoms. The average molecular weight is 355 g/mol. The smallest absolute Gasteiger partial charge is 0.232 e. The van der Waals surface area contributed by atoms with Crippen molar-refractivity contribution in [3.63, 3.8) is 0 Å². The van der Waals surface area contributed by atoms with Crippen molar-refractivity contribution >= 4 is 5.91 Å². The number of hydrogen-bond donors (Lipinski definition) is 0. The summed E-state index contributed by atoms with van der Waals surface area (Å²) in [5.74, 6) is 2.15. The van der Waals surface area contributed by atoms with Crippen molar-refractivity contribution in [2.75, 3.05) is 26.7 Å². The van der Waals surface area contributed by atoms with E-state index in [2.05, 4.69) is 27.1 Å². The molecule has 2 fully saturated rings. The maximum atomic E-state index is 12.3. The van der Waals surface area contributed by atoms with Crippen molar-refractivity contribution in [1.29, 1.82) is 0 Å². The van der Waals surface area contributed by atoms with Gasteiger partial charge in [-0.05, 0) is 50.5 Å². The van der Waals surface area contributed by atoms with Gasteiger partial charge in [-0.3, -0.25) is 9.78 Å². The van der Waals surface area contributed by atoms with Crippen molar-refractivity contribution in [3.05, 3.63) is 41.8 Å². The fraction of sp³-hybridized carbons (Fsp3) is 0.579. The van der Waals surface area contributed by atoms with Crippen molar-refractivity contribution in [2.45, 2.75) is 38.1 Å². The van der Waals surface area contributed by atoms with E-state index in [9.17, 15) is 4.79 Å². The summed E-state index contributed by atoms with van der Waals surface area (Å²) in [7, 11) is 2.16. The molecule has 0 aromatic carbocycles. The largest absolute Gasteiger partial charge is 0.339 e. The molecule has 1 amide bonds. The molecule has 0 radical (unpaired) electrons. The van der Waals surface area contributed by atoms with Crippen molar-refractivity contribution in [1.82, 2.24) is 24.9 Å². The third-order valence-corrected chi connectivity index (χ3v) is 5.45. The summed E-state index contributed by atoms with van der Waals surface area (Å²) in [6.07, 6.45) is 7.21. The number of carbonyl (C=O) groups excluding carboxylic acids is 1. The number of amides is 1. The van der Waals surface area contributed by atoms with Crippen LogP contribution in [0.15, 0.2) is 29.0 Å². The molecule has 7 nitrogen and oxygen atoms in total. The molecule has 0 aliphatic carbocycles. The minimum absolute atomic E-state index is 0.00193. The summed E-state index contributed by atoms with van der Waals surface area (Å²) >= 11 is 0. The monoisotopic (exact) mass is 355 g/mol. The second-order valence-corrected chi connectivity index (χ2v) is 7.54. The lowest BCUT2D eigenvalue weighted by Gasteiger charge is -2.28. The fourth-order valence-corrected chi connectivity index (χ4v) is 3.84. The number of aromatic nitrogens is 3. The summed E-state index contributed by atoms with van der Waals surface area (Å²) in [6.45, 7) is 3.48. The van der Waals surface area contributed by atoms with E-state index >= 15 is 0 Å². The van der Waals surface area contributed by atoms with Crippen molar-refractivity contribution in [2.24, 2.45) is 5.92 Å².